The molecule has 0 fully saturated rings. The van der Waals surface area contributed by atoms with Gasteiger partial charge in [-0.15, -0.1) is 0 Å². The van der Waals surface area contributed by atoms with E-state index in [4.69, 9.17) is 23.2 Å². The fourth-order valence-electron chi connectivity index (χ4n) is 1.50. The smallest absolute Gasteiger partial charge is 0.257 e. The molecule has 0 saturated carbocycles. The highest BCUT2D eigenvalue weighted by Gasteiger charge is 2.20. The summed E-state index contributed by atoms with van der Waals surface area (Å²) in [4.78, 5) is 28.9. The summed E-state index contributed by atoms with van der Waals surface area (Å²) in [6.07, 6.45) is 0. The molecule has 0 atom stereocenters. The van der Waals surface area contributed by atoms with Crippen LogP contribution in [0.4, 0.5) is 0 Å². The number of nitrogens with one attached hydrogen (secondary N) is 1. The predicted molar refractivity (Wildman–Crippen MR) is 74.5 cm³/mol. The Kier molecular flexibility index (Phi) is 6.05. The van der Waals surface area contributed by atoms with E-state index in [1.54, 1.807) is 6.92 Å². The maximum absolute atomic E-state index is 12.2. The van der Waals surface area contributed by atoms with Crippen LogP contribution in [0.2, 0.25) is 10.3 Å². The van der Waals surface area contributed by atoms with Crippen LogP contribution in [0.5, 0.6) is 0 Å². The van der Waals surface area contributed by atoms with E-state index in [0.717, 1.165) is 0 Å². The van der Waals surface area contributed by atoms with Crippen LogP contribution in [0.25, 0.3) is 0 Å². The molecule has 0 spiro atoms. The standard InChI is InChI=1S/C12H15Cl2N3O2/c1-3-15-10(18)7-17(4-2)12(19)8-5-6-9(13)16-11(8)14/h5-6H,3-4,7H2,1-2H3,(H,15,18). The lowest BCUT2D eigenvalue weighted by Crippen LogP contribution is -2.40. The van der Waals surface area contributed by atoms with Crippen molar-refractivity contribution in [3.63, 3.8) is 0 Å². The van der Waals surface area contributed by atoms with Crippen molar-refractivity contribution in [1.29, 1.82) is 0 Å². The summed E-state index contributed by atoms with van der Waals surface area (Å²) in [6, 6.07) is 2.99. The number of rotatable bonds is 5. The normalized spacial score (nSPS) is 10.1. The SMILES string of the molecule is CCNC(=O)CN(CC)C(=O)c1ccc(Cl)nc1Cl. The van der Waals surface area contributed by atoms with Gasteiger partial charge in [-0.2, -0.15) is 0 Å². The highest BCUT2D eigenvalue weighted by atomic mass is 35.5. The van der Waals surface area contributed by atoms with E-state index in [2.05, 4.69) is 10.3 Å². The predicted octanol–water partition coefficient (Wildman–Crippen LogP) is 1.99. The van der Waals surface area contributed by atoms with E-state index < -0.39 is 0 Å². The van der Waals surface area contributed by atoms with E-state index in [1.165, 1.54) is 17.0 Å². The van der Waals surface area contributed by atoms with Gasteiger partial charge >= 0.3 is 0 Å². The molecule has 7 heteroatoms. The van der Waals surface area contributed by atoms with Crippen molar-refractivity contribution in [2.45, 2.75) is 13.8 Å². The zero-order chi connectivity index (χ0) is 14.4. The first kappa shape index (κ1) is 15.7. The molecule has 0 aromatic carbocycles. The topological polar surface area (TPSA) is 62.3 Å². The second-order valence-corrected chi connectivity index (χ2v) is 4.49. The van der Waals surface area contributed by atoms with E-state index >= 15 is 0 Å². The van der Waals surface area contributed by atoms with Crippen LogP contribution >= 0.6 is 23.2 Å². The second-order valence-electron chi connectivity index (χ2n) is 3.75. The first-order chi connectivity index (χ1) is 8.99. The molecule has 0 aliphatic heterocycles. The first-order valence-electron chi connectivity index (χ1n) is 5.87. The second kappa shape index (κ2) is 7.31. The monoisotopic (exact) mass is 303 g/mol. The molecular weight excluding hydrogens is 289 g/mol. The summed E-state index contributed by atoms with van der Waals surface area (Å²) in [6.45, 7) is 4.51. The van der Waals surface area contributed by atoms with Gasteiger partial charge in [-0.3, -0.25) is 9.59 Å². The van der Waals surface area contributed by atoms with Gasteiger partial charge in [0.25, 0.3) is 5.91 Å². The van der Waals surface area contributed by atoms with Crippen LogP contribution in [0.3, 0.4) is 0 Å². The molecule has 0 aliphatic carbocycles. The molecule has 1 aromatic heterocycles. The largest absolute Gasteiger partial charge is 0.355 e. The van der Waals surface area contributed by atoms with Gasteiger partial charge in [-0.1, -0.05) is 23.2 Å². The minimum atomic E-state index is -0.345. The minimum absolute atomic E-state index is 0.0118. The summed E-state index contributed by atoms with van der Waals surface area (Å²) in [5.41, 5.74) is 0.234. The third-order valence-electron chi connectivity index (χ3n) is 2.42. The number of nitrogens with zero attached hydrogens (tertiary/aromatic N) is 2. The van der Waals surface area contributed by atoms with E-state index in [1.807, 2.05) is 6.92 Å². The summed E-state index contributed by atoms with van der Waals surface area (Å²) in [5, 5.41) is 2.89. The van der Waals surface area contributed by atoms with Crippen LogP contribution in [0.1, 0.15) is 24.2 Å². The fraction of sp³-hybridized carbons (Fsp3) is 0.417. The highest BCUT2D eigenvalue weighted by molar-refractivity contribution is 6.34. The van der Waals surface area contributed by atoms with E-state index in [-0.39, 0.29) is 34.2 Å². The number of amides is 2. The fourth-order valence-corrected chi connectivity index (χ4v) is 1.92. The molecule has 0 bridgehead atoms. The molecule has 0 unspecified atom stereocenters. The molecule has 0 radical (unpaired) electrons. The zero-order valence-electron chi connectivity index (χ0n) is 10.7. The average Bonchev–Trinajstić information content (AvgIpc) is 2.35. The Labute approximate surface area is 121 Å². The molecule has 19 heavy (non-hydrogen) atoms. The van der Waals surface area contributed by atoms with Crippen molar-refractivity contribution >= 4 is 35.0 Å². The number of aromatic nitrogens is 1. The molecule has 1 aromatic rings. The number of hydrogen-bond donors (Lipinski definition) is 1. The van der Waals surface area contributed by atoms with Gasteiger partial charge in [0.2, 0.25) is 5.91 Å². The van der Waals surface area contributed by atoms with E-state index in [0.29, 0.717) is 13.1 Å². The maximum Gasteiger partial charge on any atom is 0.257 e. The molecule has 5 nitrogen and oxygen atoms in total. The Morgan fingerprint density at radius 2 is 2.00 bits per heavy atom. The van der Waals surface area contributed by atoms with Gasteiger partial charge in [0.05, 0.1) is 12.1 Å². The number of halogens is 2. The molecule has 104 valence electrons. The Bertz CT molecular complexity index is 480. The van der Waals surface area contributed by atoms with Crippen LogP contribution in [0, 0.1) is 0 Å². The molecule has 0 saturated heterocycles. The molecule has 1 heterocycles. The molecule has 2 amide bonds. The van der Waals surface area contributed by atoms with Crippen LogP contribution in [-0.2, 0) is 4.79 Å². The molecule has 0 aliphatic rings. The summed E-state index contributed by atoms with van der Waals surface area (Å²) >= 11 is 11.6. The number of carbonyl (C=O) groups is 2. The Hall–Kier alpha value is -1.33. The van der Waals surface area contributed by atoms with Gasteiger partial charge in [0, 0.05) is 13.1 Å². The summed E-state index contributed by atoms with van der Waals surface area (Å²) in [5.74, 6) is -0.557. The maximum atomic E-state index is 12.2. The third kappa shape index (κ3) is 4.36. The average molecular weight is 304 g/mol. The van der Waals surface area contributed by atoms with Crippen LogP contribution < -0.4 is 5.32 Å². The lowest BCUT2D eigenvalue weighted by molar-refractivity contribution is -0.121. The van der Waals surface area contributed by atoms with Crippen LogP contribution in [0.15, 0.2) is 12.1 Å². The molecule has 1 N–H and O–H groups in total. The quantitative estimate of drug-likeness (QED) is 0.846. The molecule has 1 rings (SSSR count). The van der Waals surface area contributed by atoms with Crippen LogP contribution in [-0.4, -0.2) is 41.3 Å². The van der Waals surface area contributed by atoms with Gasteiger partial charge < -0.3 is 10.2 Å². The third-order valence-corrected chi connectivity index (χ3v) is 2.92. The summed E-state index contributed by atoms with van der Waals surface area (Å²) < 4.78 is 0. The minimum Gasteiger partial charge on any atom is -0.355 e. The van der Waals surface area contributed by atoms with Crippen molar-refractivity contribution in [2.24, 2.45) is 0 Å². The summed E-state index contributed by atoms with van der Waals surface area (Å²) in [7, 11) is 0. The van der Waals surface area contributed by atoms with Gasteiger partial charge in [0.15, 0.2) is 0 Å². The van der Waals surface area contributed by atoms with Crippen molar-refractivity contribution in [1.82, 2.24) is 15.2 Å². The molecular formula is C12H15Cl2N3O2. The zero-order valence-corrected chi connectivity index (χ0v) is 12.3. The first-order valence-corrected chi connectivity index (χ1v) is 6.63. The Morgan fingerprint density at radius 3 is 2.53 bits per heavy atom. The van der Waals surface area contributed by atoms with Crippen molar-refractivity contribution in [2.75, 3.05) is 19.6 Å². The number of likely N-dealkylation sites (N-methyl/N-ethyl adjacent to an activating group) is 2. The number of hydrogen-bond acceptors (Lipinski definition) is 3. The van der Waals surface area contributed by atoms with Gasteiger partial charge in [0.1, 0.15) is 10.3 Å². The Morgan fingerprint density at radius 1 is 1.32 bits per heavy atom. The van der Waals surface area contributed by atoms with Gasteiger partial charge in [-0.25, -0.2) is 4.98 Å². The number of pyridine rings is 1. The number of carbonyl (C=O) groups excluding carboxylic acids is 2. The van der Waals surface area contributed by atoms with Crippen molar-refractivity contribution in [3.05, 3.63) is 28.0 Å². The lowest BCUT2D eigenvalue weighted by atomic mass is 10.2. The van der Waals surface area contributed by atoms with Gasteiger partial charge in [-0.05, 0) is 26.0 Å². The van der Waals surface area contributed by atoms with Crippen molar-refractivity contribution in [3.8, 4) is 0 Å². The Balaban J connectivity index is 2.86. The van der Waals surface area contributed by atoms with Crippen molar-refractivity contribution < 1.29 is 9.59 Å². The lowest BCUT2D eigenvalue weighted by Gasteiger charge is -2.20. The highest BCUT2D eigenvalue weighted by Crippen LogP contribution is 2.18. The van der Waals surface area contributed by atoms with E-state index in [9.17, 15) is 9.59 Å².